The summed E-state index contributed by atoms with van der Waals surface area (Å²) in [5.74, 6) is 2.93. The van der Waals surface area contributed by atoms with Gasteiger partial charge in [0.2, 0.25) is 0 Å². The summed E-state index contributed by atoms with van der Waals surface area (Å²) in [7, 11) is 0. The molecule has 1 aliphatic heterocycles. The Labute approximate surface area is 111 Å². The maximum atomic E-state index is 12.1. The molecule has 1 heterocycles. The van der Waals surface area contributed by atoms with Gasteiger partial charge in [-0.2, -0.15) is 0 Å². The minimum absolute atomic E-state index is 0.0556. The third-order valence-electron chi connectivity index (χ3n) is 3.03. The number of rotatable bonds is 0. The number of hydrogen-bond acceptors (Lipinski definition) is 1. The lowest BCUT2D eigenvalue weighted by molar-refractivity contribution is -0.0208. The molecule has 0 unspecified atom stereocenters. The summed E-state index contributed by atoms with van der Waals surface area (Å²) in [5.41, 5.74) is 0. The first-order valence-corrected chi connectivity index (χ1v) is 7.04. The maximum absolute atomic E-state index is 12.1. The quantitative estimate of drug-likeness (QED) is 0.637. The van der Waals surface area contributed by atoms with Crippen molar-refractivity contribution in [2.45, 2.75) is 71.1 Å². The van der Waals surface area contributed by atoms with Crippen molar-refractivity contribution >= 4 is 0 Å². The van der Waals surface area contributed by atoms with Crippen LogP contribution >= 0.6 is 0 Å². The molecule has 1 aliphatic carbocycles. The zero-order valence-electron chi connectivity index (χ0n) is 11.8. The Balaban J connectivity index is 0.000000257. The Morgan fingerprint density at radius 2 is 1.28 bits per heavy atom. The Bertz CT molecular complexity index is 211. The van der Waals surface area contributed by atoms with Gasteiger partial charge in [0.1, 0.15) is 0 Å². The van der Waals surface area contributed by atoms with Crippen molar-refractivity contribution in [1.82, 2.24) is 5.32 Å². The topological polar surface area (TPSA) is 12.0 Å². The molecule has 1 saturated carbocycles. The van der Waals surface area contributed by atoms with Crippen molar-refractivity contribution in [3.05, 3.63) is 0 Å². The van der Waals surface area contributed by atoms with Crippen LogP contribution in [0.15, 0.2) is 0 Å². The van der Waals surface area contributed by atoms with Crippen LogP contribution in [0, 0.1) is 11.8 Å². The lowest BCUT2D eigenvalue weighted by Gasteiger charge is -2.21. The van der Waals surface area contributed by atoms with Crippen LogP contribution in [0.5, 0.6) is 0 Å². The van der Waals surface area contributed by atoms with Gasteiger partial charge >= 0.3 is 0 Å². The summed E-state index contributed by atoms with van der Waals surface area (Å²) >= 11 is 0. The van der Waals surface area contributed by atoms with Gasteiger partial charge in [0, 0.05) is 6.42 Å². The summed E-state index contributed by atoms with van der Waals surface area (Å²) < 4.78 is 24.3. The number of alkyl halides is 2. The van der Waals surface area contributed by atoms with E-state index in [9.17, 15) is 8.78 Å². The average Bonchev–Trinajstić information content (AvgIpc) is 2.41. The lowest BCUT2D eigenvalue weighted by Crippen LogP contribution is -2.38. The van der Waals surface area contributed by atoms with E-state index in [1.54, 1.807) is 0 Å². The van der Waals surface area contributed by atoms with Crippen molar-refractivity contribution in [2.75, 3.05) is 13.1 Å². The second-order valence-electron chi connectivity index (χ2n) is 4.76. The summed E-state index contributed by atoms with van der Waals surface area (Å²) in [6.07, 6.45) is 9.66. The van der Waals surface area contributed by atoms with Gasteiger partial charge in [-0.3, -0.25) is 0 Å². The summed E-state index contributed by atoms with van der Waals surface area (Å²) in [5, 5.41) is 2.62. The molecule has 2 rings (SSSR count). The largest absolute Gasteiger partial charge is 0.311 e. The number of hydrogen-bond donors (Lipinski definition) is 1. The van der Waals surface area contributed by atoms with E-state index < -0.39 is 5.92 Å². The first kappa shape index (κ1) is 17.4. The van der Waals surface area contributed by atoms with Crippen LogP contribution in [0.4, 0.5) is 8.78 Å². The monoisotopic (exact) mass is 259 g/mol. The van der Waals surface area contributed by atoms with Crippen molar-refractivity contribution in [1.29, 1.82) is 0 Å². The standard InChI is InChI=1S/C6H12.C5H9F2N.C4H6/c1-2-4-6-5-3-1;6-5(7)2-1-3-8-4-5;1-3-4-2/h1-6H2;8H,1-4H2;1-2H3. The van der Waals surface area contributed by atoms with E-state index in [1.807, 2.05) is 13.8 Å². The molecule has 106 valence electrons. The third-order valence-corrected chi connectivity index (χ3v) is 3.03. The predicted octanol–water partition coefficient (Wildman–Crippen LogP) is 4.38. The van der Waals surface area contributed by atoms with Crippen LogP contribution in [-0.4, -0.2) is 19.0 Å². The molecule has 0 aromatic heterocycles. The zero-order chi connectivity index (χ0) is 13.7. The fourth-order valence-electron chi connectivity index (χ4n) is 1.89. The van der Waals surface area contributed by atoms with Crippen molar-refractivity contribution < 1.29 is 8.78 Å². The van der Waals surface area contributed by atoms with E-state index in [0.29, 0.717) is 6.42 Å². The van der Waals surface area contributed by atoms with Gasteiger partial charge in [-0.1, -0.05) is 38.5 Å². The van der Waals surface area contributed by atoms with Crippen LogP contribution < -0.4 is 5.32 Å². The highest BCUT2D eigenvalue weighted by Gasteiger charge is 2.30. The Morgan fingerprint density at radius 3 is 1.44 bits per heavy atom. The highest BCUT2D eigenvalue weighted by molar-refractivity contribution is 4.89. The van der Waals surface area contributed by atoms with E-state index >= 15 is 0 Å². The van der Waals surface area contributed by atoms with E-state index in [1.165, 1.54) is 38.5 Å². The van der Waals surface area contributed by atoms with Crippen molar-refractivity contribution in [3.8, 4) is 11.8 Å². The molecule has 0 atom stereocenters. The smallest absolute Gasteiger partial charge is 0.260 e. The molecule has 2 fully saturated rings. The normalized spacial score (nSPS) is 21.1. The molecular formula is C15H27F2N. The van der Waals surface area contributed by atoms with E-state index in [0.717, 1.165) is 6.54 Å². The third kappa shape index (κ3) is 11.9. The minimum Gasteiger partial charge on any atom is -0.311 e. The first-order valence-electron chi connectivity index (χ1n) is 7.04. The van der Waals surface area contributed by atoms with Gasteiger partial charge in [0.15, 0.2) is 0 Å². The minimum atomic E-state index is -2.43. The van der Waals surface area contributed by atoms with E-state index in [4.69, 9.17) is 0 Å². The fraction of sp³-hybridized carbons (Fsp3) is 0.867. The predicted molar refractivity (Wildman–Crippen MR) is 73.9 cm³/mol. The SMILES string of the molecule is C1CCCCC1.CC#CC.FC1(F)CCCNC1. The molecule has 0 spiro atoms. The molecule has 0 aromatic rings. The Kier molecular flexibility index (Phi) is 11.1. The van der Waals surface area contributed by atoms with Crippen LogP contribution in [-0.2, 0) is 0 Å². The summed E-state index contributed by atoms with van der Waals surface area (Å²) in [6, 6.07) is 0. The number of halogens is 2. The summed E-state index contributed by atoms with van der Waals surface area (Å²) in [6.45, 7) is 4.25. The number of piperidine rings is 1. The Morgan fingerprint density at radius 1 is 0.833 bits per heavy atom. The highest BCUT2D eigenvalue weighted by Crippen LogP contribution is 2.21. The average molecular weight is 259 g/mol. The van der Waals surface area contributed by atoms with Crippen LogP contribution in [0.25, 0.3) is 0 Å². The first-order chi connectivity index (χ1) is 8.62. The Hall–Kier alpha value is -0.620. The molecule has 1 saturated heterocycles. The second kappa shape index (κ2) is 11.5. The van der Waals surface area contributed by atoms with E-state index in [-0.39, 0.29) is 13.0 Å². The lowest BCUT2D eigenvalue weighted by atomic mass is 10.0. The second-order valence-corrected chi connectivity index (χ2v) is 4.76. The zero-order valence-corrected chi connectivity index (χ0v) is 11.8. The van der Waals surface area contributed by atoms with Gasteiger partial charge < -0.3 is 5.32 Å². The fourth-order valence-corrected chi connectivity index (χ4v) is 1.89. The van der Waals surface area contributed by atoms with Crippen LogP contribution in [0.1, 0.15) is 65.2 Å². The van der Waals surface area contributed by atoms with Gasteiger partial charge in [-0.05, 0) is 26.8 Å². The molecule has 18 heavy (non-hydrogen) atoms. The van der Waals surface area contributed by atoms with E-state index in [2.05, 4.69) is 17.2 Å². The molecule has 2 aliphatic rings. The molecule has 1 N–H and O–H groups in total. The molecule has 1 nitrogen and oxygen atoms in total. The maximum Gasteiger partial charge on any atom is 0.260 e. The molecule has 0 radical (unpaired) electrons. The van der Waals surface area contributed by atoms with Gasteiger partial charge in [0.05, 0.1) is 6.54 Å². The van der Waals surface area contributed by atoms with Crippen LogP contribution in [0.2, 0.25) is 0 Å². The number of nitrogens with one attached hydrogen (secondary N) is 1. The van der Waals surface area contributed by atoms with Gasteiger partial charge in [0.25, 0.3) is 5.92 Å². The molecular weight excluding hydrogens is 232 g/mol. The van der Waals surface area contributed by atoms with Gasteiger partial charge in [-0.25, -0.2) is 8.78 Å². The van der Waals surface area contributed by atoms with Crippen LogP contribution in [0.3, 0.4) is 0 Å². The molecule has 3 heteroatoms. The molecule has 0 aromatic carbocycles. The van der Waals surface area contributed by atoms with Gasteiger partial charge in [-0.15, -0.1) is 11.8 Å². The molecule has 0 bridgehead atoms. The van der Waals surface area contributed by atoms with Crippen molar-refractivity contribution in [2.24, 2.45) is 0 Å². The highest BCUT2D eigenvalue weighted by atomic mass is 19.3. The summed E-state index contributed by atoms with van der Waals surface area (Å²) in [4.78, 5) is 0. The molecule has 0 amide bonds. The van der Waals surface area contributed by atoms with Crippen molar-refractivity contribution in [3.63, 3.8) is 0 Å².